The van der Waals surface area contributed by atoms with Crippen LogP contribution in [-0.4, -0.2) is 20.4 Å². The van der Waals surface area contributed by atoms with Crippen LogP contribution in [0.4, 0.5) is 0 Å². The lowest BCUT2D eigenvalue weighted by molar-refractivity contribution is 0.0509. The van der Waals surface area contributed by atoms with Crippen molar-refractivity contribution in [3.05, 3.63) is 29.3 Å². The van der Waals surface area contributed by atoms with Crippen molar-refractivity contribution in [1.82, 2.24) is 0 Å². The number of benzene rings is 1. The summed E-state index contributed by atoms with van der Waals surface area (Å²) in [4.78, 5) is 0. The van der Waals surface area contributed by atoms with E-state index in [4.69, 9.17) is 15.2 Å². The van der Waals surface area contributed by atoms with Gasteiger partial charge in [0.05, 0.1) is 12.1 Å². The van der Waals surface area contributed by atoms with Gasteiger partial charge in [0.15, 0.2) is 6.79 Å². The van der Waals surface area contributed by atoms with Gasteiger partial charge in [-0.15, -0.1) is 0 Å². The van der Waals surface area contributed by atoms with Crippen molar-refractivity contribution < 1.29 is 9.47 Å². The number of hydrogen-bond acceptors (Lipinski definition) is 3. The van der Waals surface area contributed by atoms with Crippen molar-refractivity contribution in [1.29, 1.82) is 0 Å². The van der Waals surface area contributed by atoms with Gasteiger partial charge in [0.1, 0.15) is 5.75 Å². The third-order valence-electron chi connectivity index (χ3n) is 1.79. The maximum atomic E-state index is 5.37. The van der Waals surface area contributed by atoms with Crippen LogP contribution < -0.4 is 10.5 Å². The minimum absolute atomic E-state index is 0.223. The molecule has 0 spiro atoms. The summed E-state index contributed by atoms with van der Waals surface area (Å²) < 4.78 is 10.2. The lowest BCUT2D eigenvalue weighted by Gasteiger charge is -2.07. The van der Waals surface area contributed by atoms with Crippen LogP contribution in [-0.2, 0) is 4.74 Å². The average molecular weight is 205 g/mol. The van der Waals surface area contributed by atoms with Gasteiger partial charge in [-0.1, -0.05) is 17.9 Å². The van der Waals surface area contributed by atoms with Crippen molar-refractivity contribution in [3.63, 3.8) is 0 Å². The molecule has 0 aliphatic heterocycles. The molecule has 1 aromatic rings. The number of ether oxygens (including phenoxy) is 2. The van der Waals surface area contributed by atoms with E-state index in [1.165, 1.54) is 0 Å². The molecule has 80 valence electrons. The molecule has 3 heteroatoms. The van der Waals surface area contributed by atoms with Crippen LogP contribution in [0.15, 0.2) is 18.2 Å². The van der Waals surface area contributed by atoms with Gasteiger partial charge in [-0.3, -0.25) is 0 Å². The number of hydrogen-bond donors (Lipinski definition) is 1. The summed E-state index contributed by atoms with van der Waals surface area (Å²) in [7, 11) is 1.58. The highest BCUT2D eigenvalue weighted by Gasteiger charge is 2.00. The molecule has 15 heavy (non-hydrogen) atoms. The fraction of sp³-hybridized carbons (Fsp3) is 0.333. The third-order valence-corrected chi connectivity index (χ3v) is 1.79. The molecule has 0 amide bonds. The monoisotopic (exact) mass is 205 g/mol. The minimum Gasteiger partial charge on any atom is -0.466 e. The number of methoxy groups -OCH3 is 1. The quantitative estimate of drug-likeness (QED) is 0.597. The van der Waals surface area contributed by atoms with Crippen LogP contribution >= 0.6 is 0 Å². The molecule has 0 fully saturated rings. The summed E-state index contributed by atoms with van der Waals surface area (Å²) in [5.74, 6) is 6.50. The molecule has 0 heterocycles. The molecule has 2 N–H and O–H groups in total. The lowest BCUT2D eigenvalue weighted by Crippen LogP contribution is -2.01. The molecule has 0 atom stereocenters. The standard InChI is InChI=1S/C12H15NO2/c1-10-5-6-12(15-9-14-2)11(8-10)4-3-7-13/h5-6,8H,7,9,13H2,1-2H3. The van der Waals surface area contributed by atoms with Gasteiger partial charge in [-0.2, -0.15) is 0 Å². The Bertz CT molecular complexity index is 377. The van der Waals surface area contributed by atoms with Gasteiger partial charge in [-0.05, 0) is 24.6 Å². The first-order valence-corrected chi connectivity index (χ1v) is 4.69. The Morgan fingerprint density at radius 1 is 1.40 bits per heavy atom. The molecular formula is C12H15NO2. The molecule has 0 bridgehead atoms. The zero-order chi connectivity index (χ0) is 11.1. The van der Waals surface area contributed by atoms with Crippen LogP contribution in [0.3, 0.4) is 0 Å². The molecule has 3 nitrogen and oxygen atoms in total. The Kier molecular flexibility index (Phi) is 4.69. The summed E-state index contributed by atoms with van der Waals surface area (Å²) in [5.41, 5.74) is 7.31. The van der Waals surface area contributed by atoms with Gasteiger partial charge < -0.3 is 15.2 Å². The van der Waals surface area contributed by atoms with Crippen molar-refractivity contribution in [2.45, 2.75) is 6.92 Å². The number of nitrogens with two attached hydrogens (primary N) is 1. The van der Waals surface area contributed by atoms with Gasteiger partial charge >= 0.3 is 0 Å². The first kappa shape index (κ1) is 11.6. The van der Waals surface area contributed by atoms with E-state index in [1.807, 2.05) is 25.1 Å². The topological polar surface area (TPSA) is 44.5 Å². The molecule has 0 aliphatic rings. The second-order valence-electron chi connectivity index (χ2n) is 3.06. The molecule has 0 aromatic heterocycles. The second kappa shape index (κ2) is 6.07. The molecule has 0 aliphatic carbocycles. The summed E-state index contributed by atoms with van der Waals surface area (Å²) in [6.45, 7) is 2.58. The Labute approximate surface area is 90.2 Å². The van der Waals surface area contributed by atoms with E-state index in [0.29, 0.717) is 6.54 Å². The summed E-state index contributed by atoms with van der Waals surface area (Å²) >= 11 is 0. The van der Waals surface area contributed by atoms with Crippen LogP contribution in [0.5, 0.6) is 5.75 Å². The molecule has 1 rings (SSSR count). The predicted molar refractivity (Wildman–Crippen MR) is 59.6 cm³/mol. The summed E-state index contributed by atoms with van der Waals surface area (Å²) in [6.07, 6.45) is 0. The van der Waals surface area contributed by atoms with Crippen molar-refractivity contribution in [3.8, 4) is 17.6 Å². The largest absolute Gasteiger partial charge is 0.466 e. The molecule has 0 radical (unpaired) electrons. The fourth-order valence-corrected chi connectivity index (χ4v) is 1.14. The van der Waals surface area contributed by atoms with E-state index < -0.39 is 0 Å². The highest BCUT2D eigenvalue weighted by atomic mass is 16.7. The summed E-state index contributed by atoms with van der Waals surface area (Å²) in [5, 5.41) is 0. The SMILES string of the molecule is COCOc1ccc(C)cc1C#CCN. The van der Waals surface area contributed by atoms with Gasteiger partial charge in [0, 0.05) is 7.11 Å². The Hall–Kier alpha value is -1.50. The van der Waals surface area contributed by atoms with Gasteiger partial charge in [0.25, 0.3) is 0 Å². The lowest BCUT2D eigenvalue weighted by atomic mass is 10.1. The number of aryl methyl sites for hydroxylation is 1. The first-order valence-electron chi connectivity index (χ1n) is 4.69. The van der Waals surface area contributed by atoms with E-state index in [9.17, 15) is 0 Å². The van der Waals surface area contributed by atoms with E-state index >= 15 is 0 Å². The minimum atomic E-state index is 0.223. The maximum Gasteiger partial charge on any atom is 0.188 e. The molecule has 0 unspecified atom stereocenters. The maximum absolute atomic E-state index is 5.37. The average Bonchev–Trinajstić information content (AvgIpc) is 2.25. The van der Waals surface area contributed by atoms with Gasteiger partial charge in [-0.25, -0.2) is 0 Å². The Morgan fingerprint density at radius 3 is 2.87 bits per heavy atom. The zero-order valence-corrected chi connectivity index (χ0v) is 9.04. The van der Waals surface area contributed by atoms with E-state index in [1.54, 1.807) is 7.11 Å². The zero-order valence-electron chi connectivity index (χ0n) is 9.04. The Morgan fingerprint density at radius 2 is 2.20 bits per heavy atom. The summed E-state index contributed by atoms with van der Waals surface area (Å²) in [6, 6.07) is 5.82. The Balaban J connectivity index is 2.92. The molecule has 1 aromatic carbocycles. The van der Waals surface area contributed by atoms with Gasteiger partial charge in [0.2, 0.25) is 0 Å². The molecular weight excluding hydrogens is 190 g/mol. The second-order valence-corrected chi connectivity index (χ2v) is 3.06. The van der Waals surface area contributed by atoms with Crippen molar-refractivity contribution in [2.24, 2.45) is 5.73 Å². The van der Waals surface area contributed by atoms with Crippen molar-refractivity contribution >= 4 is 0 Å². The predicted octanol–water partition coefficient (Wildman–Crippen LogP) is 1.29. The van der Waals surface area contributed by atoms with Crippen molar-refractivity contribution in [2.75, 3.05) is 20.4 Å². The van der Waals surface area contributed by atoms with E-state index in [-0.39, 0.29) is 6.79 Å². The van der Waals surface area contributed by atoms with Crippen LogP contribution in [0.2, 0.25) is 0 Å². The third kappa shape index (κ3) is 3.62. The fourth-order valence-electron chi connectivity index (χ4n) is 1.14. The van der Waals surface area contributed by atoms with Crippen LogP contribution in [0.25, 0.3) is 0 Å². The molecule has 0 saturated carbocycles. The highest BCUT2D eigenvalue weighted by molar-refractivity contribution is 5.48. The smallest absolute Gasteiger partial charge is 0.188 e. The highest BCUT2D eigenvalue weighted by Crippen LogP contribution is 2.18. The number of rotatable bonds is 3. The normalized spacial score (nSPS) is 9.27. The van der Waals surface area contributed by atoms with Crippen LogP contribution in [0, 0.1) is 18.8 Å². The van der Waals surface area contributed by atoms with E-state index in [0.717, 1.165) is 16.9 Å². The van der Waals surface area contributed by atoms with E-state index in [2.05, 4.69) is 11.8 Å². The van der Waals surface area contributed by atoms with Crippen LogP contribution in [0.1, 0.15) is 11.1 Å². The first-order chi connectivity index (χ1) is 7.27. The molecule has 0 saturated heterocycles.